The number of nitrogen functional groups attached to an aromatic ring is 1. The van der Waals surface area contributed by atoms with E-state index in [1.807, 2.05) is 0 Å². The van der Waals surface area contributed by atoms with Crippen LogP contribution in [0, 0.1) is 0 Å². The van der Waals surface area contributed by atoms with Gasteiger partial charge in [-0.2, -0.15) is 9.97 Å². The average molecular weight is 689 g/mol. The van der Waals surface area contributed by atoms with Gasteiger partial charge in [-0.05, 0) is 36.8 Å². The maximum atomic E-state index is 12.8. The first-order valence-electron chi connectivity index (χ1n) is 14.3. The number of nitrogens with zero attached hydrogens (tertiary/aromatic N) is 6. The summed E-state index contributed by atoms with van der Waals surface area (Å²) in [6.07, 6.45) is -3.42. The molecule has 0 saturated carbocycles. The van der Waals surface area contributed by atoms with Crippen molar-refractivity contribution in [3.05, 3.63) is 64.5 Å². The van der Waals surface area contributed by atoms with Crippen molar-refractivity contribution in [2.24, 2.45) is 0 Å². The topological polar surface area (TPSA) is 313 Å². The molecule has 21 heteroatoms. The van der Waals surface area contributed by atoms with Gasteiger partial charge >= 0.3 is 41.2 Å². The maximum Gasteiger partial charge on any atom is 1.00 e. The smallest absolute Gasteiger partial charge is 0.857 e. The van der Waals surface area contributed by atoms with Crippen LogP contribution in [0.15, 0.2) is 47.5 Å². The summed E-state index contributed by atoms with van der Waals surface area (Å²) >= 11 is 0. The number of rotatable bonds is 12. The van der Waals surface area contributed by atoms with Crippen LogP contribution in [0.25, 0.3) is 11.2 Å². The Labute approximate surface area is 297 Å². The van der Waals surface area contributed by atoms with Gasteiger partial charge in [-0.3, -0.25) is 14.2 Å². The van der Waals surface area contributed by atoms with Crippen molar-refractivity contribution < 1.29 is 74.2 Å². The average Bonchev–Trinajstić information content (AvgIpc) is 3.34. The van der Waals surface area contributed by atoms with Crippen LogP contribution in [-0.2, 0) is 20.9 Å². The van der Waals surface area contributed by atoms with Gasteiger partial charge in [-0.15, -0.1) is 0 Å². The molecule has 5 atom stereocenters. The summed E-state index contributed by atoms with van der Waals surface area (Å²) in [6.45, 7) is -0.416. The number of carboxylic acids is 1. The molecule has 1 aromatic carbocycles. The standard InChI is InChI=1S/C28H30N10O10.Na/c29-27-36-22-19(24(44)37-27)32-14(10-31-22)9-30-13-3-1-12(2-4-13)23(43)33-15(26(45)46)5-6-18(40)34-17-7-8-38(28(47)35-17)25-21(42)20(41)16(11-39)48-25;/h1-4,7-8,10,15-16,20-21,25,30,39,41-42H,5-6,9,11H2,(H,33,43)(H,45,46)(H,34,35,40,47)(H3,29,31,36,37,44);/q;+1/p-1/t15-,16+,20+,21+,25+;/m0./s1. The molecule has 20 nitrogen and oxygen atoms in total. The van der Waals surface area contributed by atoms with E-state index >= 15 is 0 Å². The molecular weight excluding hydrogens is 659 g/mol. The number of hydrogen-bond acceptors (Lipinski definition) is 16. The van der Waals surface area contributed by atoms with Gasteiger partial charge in [0.15, 0.2) is 11.9 Å². The molecule has 4 heterocycles. The van der Waals surface area contributed by atoms with Crippen molar-refractivity contribution in [2.45, 2.75) is 50.0 Å². The van der Waals surface area contributed by atoms with E-state index in [-0.39, 0.29) is 77.4 Å². The molecule has 1 saturated heterocycles. The molecule has 0 radical (unpaired) electrons. The van der Waals surface area contributed by atoms with Gasteiger partial charge in [0.25, 0.3) is 5.91 Å². The first kappa shape index (κ1) is 37.0. The Hall–Kier alpha value is -4.83. The number of nitrogens with one attached hydrogen (secondary N) is 3. The van der Waals surface area contributed by atoms with E-state index in [0.29, 0.717) is 11.4 Å². The number of fused-ring (bicyclic) bond motifs is 1. The Morgan fingerprint density at radius 3 is 2.45 bits per heavy atom. The predicted octanol–water partition coefficient (Wildman–Crippen LogP) is -5.54. The number of aliphatic hydroxyl groups is 3. The zero-order chi connectivity index (χ0) is 34.5. The molecule has 1 aliphatic heterocycles. The third-order valence-corrected chi connectivity index (χ3v) is 7.22. The number of nitrogens with two attached hydrogens (primary N) is 1. The maximum absolute atomic E-state index is 12.8. The molecule has 9 N–H and O–H groups in total. The number of amides is 2. The zero-order valence-electron chi connectivity index (χ0n) is 25.8. The molecule has 1 fully saturated rings. The van der Waals surface area contributed by atoms with Crippen LogP contribution in [0.2, 0.25) is 0 Å². The Bertz CT molecular complexity index is 1900. The van der Waals surface area contributed by atoms with E-state index in [2.05, 4.69) is 40.9 Å². The molecule has 252 valence electrons. The van der Waals surface area contributed by atoms with Crippen LogP contribution in [-0.4, -0.2) is 98.7 Å². The molecular formula is C28H29N10NaO10. The van der Waals surface area contributed by atoms with Crippen molar-refractivity contribution in [3.63, 3.8) is 0 Å². The molecule has 0 spiro atoms. The number of aromatic nitrogens is 6. The summed E-state index contributed by atoms with van der Waals surface area (Å²) in [7, 11) is 0. The van der Waals surface area contributed by atoms with Crippen molar-refractivity contribution in [2.75, 3.05) is 23.0 Å². The van der Waals surface area contributed by atoms with Gasteiger partial charge in [0.2, 0.25) is 11.9 Å². The van der Waals surface area contributed by atoms with E-state index in [1.165, 1.54) is 30.6 Å². The number of ether oxygens (including phenoxy) is 1. The van der Waals surface area contributed by atoms with Gasteiger partial charge in [-0.1, -0.05) is 0 Å². The van der Waals surface area contributed by atoms with Crippen molar-refractivity contribution in [3.8, 4) is 5.88 Å². The van der Waals surface area contributed by atoms with E-state index in [9.17, 15) is 44.7 Å². The normalized spacial score (nSPS) is 19.1. The molecule has 4 aromatic rings. The van der Waals surface area contributed by atoms with Crippen LogP contribution < -0.4 is 62.0 Å². The Balaban J connectivity index is 0.00000541. The fourth-order valence-electron chi connectivity index (χ4n) is 4.72. The number of aliphatic hydroxyl groups excluding tert-OH is 3. The van der Waals surface area contributed by atoms with E-state index in [4.69, 9.17) is 10.5 Å². The van der Waals surface area contributed by atoms with Crippen LogP contribution in [0.3, 0.4) is 0 Å². The van der Waals surface area contributed by atoms with Gasteiger partial charge in [0.05, 0.1) is 25.0 Å². The van der Waals surface area contributed by atoms with Crippen LogP contribution in [0.5, 0.6) is 5.88 Å². The second-order valence-corrected chi connectivity index (χ2v) is 10.5. The fraction of sp³-hybridized carbons (Fsp3) is 0.321. The number of carbonyl (C=O) groups is 3. The summed E-state index contributed by atoms with van der Waals surface area (Å²) in [5, 5.41) is 58.7. The molecule has 5 rings (SSSR count). The van der Waals surface area contributed by atoms with Crippen molar-refractivity contribution >= 4 is 46.4 Å². The number of aliphatic carboxylic acids is 1. The molecule has 0 unspecified atom stereocenters. The molecule has 2 amide bonds. The Morgan fingerprint density at radius 1 is 1.06 bits per heavy atom. The van der Waals surface area contributed by atoms with Crippen LogP contribution in [0.1, 0.15) is 35.1 Å². The summed E-state index contributed by atoms with van der Waals surface area (Å²) in [6, 6.07) is 5.86. The minimum atomic E-state index is -1.51. The molecule has 49 heavy (non-hydrogen) atoms. The first-order valence-corrected chi connectivity index (χ1v) is 14.3. The third kappa shape index (κ3) is 8.80. The van der Waals surface area contributed by atoms with E-state index < -0.39 is 66.5 Å². The predicted molar refractivity (Wildman–Crippen MR) is 161 cm³/mol. The molecule has 0 bridgehead atoms. The minimum Gasteiger partial charge on any atom is -0.857 e. The van der Waals surface area contributed by atoms with Gasteiger partial charge in [0, 0.05) is 29.7 Å². The molecule has 3 aromatic heterocycles. The summed E-state index contributed by atoms with van der Waals surface area (Å²) in [5.41, 5.74) is 5.71. The quantitative estimate of drug-likeness (QED) is 0.0643. The molecule has 0 aliphatic carbocycles. The van der Waals surface area contributed by atoms with Crippen molar-refractivity contribution in [1.29, 1.82) is 0 Å². The van der Waals surface area contributed by atoms with E-state index in [0.717, 1.165) is 4.57 Å². The van der Waals surface area contributed by atoms with Gasteiger partial charge in [0.1, 0.15) is 35.7 Å². The molecule has 1 aliphatic rings. The van der Waals surface area contributed by atoms with Crippen molar-refractivity contribution in [1.82, 2.24) is 34.8 Å². The van der Waals surface area contributed by atoms with Crippen LogP contribution in [0.4, 0.5) is 17.5 Å². The number of benzene rings is 1. The Kier molecular flexibility index (Phi) is 12.1. The fourth-order valence-corrected chi connectivity index (χ4v) is 4.72. The monoisotopic (exact) mass is 688 g/mol. The first-order chi connectivity index (χ1) is 22.9. The SMILES string of the molecule is Nc1nc([O-])c2nc(CNc3ccc(C(=O)N[C@@H](CCC(=O)Nc4ccn([C@@H]5O[C@H](CO)[C@@H](O)[C@H]5O)c(=O)n4)C(=O)O)cc3)cnc2n1.[Na+]. The van der Waals surface area contributed by atoms with Gasteiger partial charge < -0.3 is 52.0 Å². The third-order valence-electron chi connectivity index (χ3n) is 7.22. The Morgan fingerprint density at radius 2 is 1.80 bits per heavy atom. The summed E-state index contributed by atoms with van der Waals surface area (Å²) in [4.78, 5) is 68.9. The number of carbonyl (C=O) groups excluding carboxylic acids is 2. The second-order valence-electron chi connectivity index (χ2n) is 10.5. The number of carboxylic acid groups (broad SMARTS) is 1. The largest absolute Gasteiger partial charge is 1.00 e. The minimum absolute atomic E-state index is 0. The number of hydrogen-bond donors (Lipinski definition) is 8. The number of anilines is 3. The second kappa shape index (κ2) is 16.0. The van der Waals surface area contributed by atoms with Crippen LogP contribution >= 0.6 is 0 Å². The summed E-state index contributed by atoms with van der Waals surface area (Å²) < 4.78 is 6.18. The zero-order valence-corrected chi connectivity index (χ0v) is 27.8. The summed E-state index contributed by atoms with van der Waals surface area (Å²) in [5.74, 6) is -3.79. The van der Waals surface area contributed by atoms with Gasteiger partial charge in [-0.25, -0.2) is 24.5 Å². The van der Waals surface area contributed by atoms with E-state index in [1.54, 1.807) is 12.1 Å².